The summed E-state index contributed by atoms with van der Waals surface area (Å²) in [5, 5.41) is 19.7. The Balaban J connectivity index is 3.21. The first-order valence-corrected chi connectivity index (χ1v) is 5.86. The van der Waals surface area contributed by atoms with E-state index >= 15 is 0 Å². The Morgan fingerprint density at radius 2 is 2.17 bits per heavy atom. The van der Waals surface area contributed by atoms with E-state index in [4.69, 9.17) is 5.26 Å². The zero-order valence-electron chi connectivity index (χ0n) is 10.9. The highest BCUT2D eigenvalue weighted by Gasteiger charge is 2.21. The normalized spacial score (nSPS) is 10.2. The summed E-state index contributed by atoms with van der Waals surface area (Å²) < 4.78 is 0. The monoisotopic (exact) mass is 247 g/mol. The molecule has 5 heteroatoms. The summed E-state index contributed by atoms with van der Waals surface area (Å²) in [5.74, 6) is 0. The van der Waals surface area contributed by atoms with Gasteiger partial charge in [0.2, 0.25) is 0 Å². The molecule has 0 amide bonds. The smallest absolute Gasteiger partial charge is 0.292 e. The van der Waals surface area contributed by atoms with Crippen LogP contribution in [0.25, 0.3) is 0 Å². The average Bonchev–Trinajstić information content (AvgIpc) is 2.28. The maximum absolute atomic E-state index is 11.0. The summed E-state index contributed by atoms with van der Waals surface area (Å²) in [5.41, 5.74) is 1.65. The van der Waals surface area contributed by atoms with Gasteiger partial charge in [0.1, 0.15) is 5.69 Å². The lowest BCUT2D eigenvalue weighted by atomic mass is 10.1. The van der Waals surface area contributed by atoms with E-state index in [9.17, 15) is 10.1 Å². The number of anilines is 1. The average molecular weight is 247 g/mol. The molecule has 0 unspecified atom stereocenters. The molecule has 0 bridgehead atoms. The molecule has 0 spiro atoms. The number of aryl methyl sites for hydroxylation is 1. The fourth-order valence-electron chi connectivity index (χ4n) is 1.85. The van der Waals surface area contributed by atoms with E-state index in [0.29, 0.717) is 18.7 Å². The molecule has 5 nitrogen and oxygen atoms in total. The second kappa shape index (κ2) is 6.01. The minimum atomic E-state index is -0.378. The molecule has 0 fully saturated rings. The Hall–Kier alpha value is -2.09. The molecule has 0 N–H and O–H groups in total. The molecule has 1 rings (SSSR count). The fourth-order valence-corrected chi connectivity index (χ4v) is 1.85. The van der Waals surface area contributed by atoms with Crippen LogP contribution in [0, 0.1) is 28.4 Å². The van der Waals surface area contributed by atoms with Crippen LogP contribution in [0.1, 0.15) is 25.8 Å². The van der Waals surface area contributed by atoms with Crippen molar-refractivity contribution in [2.24, 2.45) is 0 Å². The second-order valence-corrected chi connectivity index (χ2v) is 4.44. The Morgan fingerprint density at radius 1 is 1.50 bits per heavy atom. The van der Waals surface area contributed by atoms with Gasteiger partial charge in [-0.3, -0.25) is 10.1 Å². The number of nitro benzene ring substituents is 1. The van der Waals surface area contributed by atoms with Gasteiger partial charge < -0.3 is 4.90 Å². The number of nitro groups is 1. The predicted octanol–water partition coefficient (Wildman–Crippen LogP) is 3.03. The molecule has 0 radical (unpaired) electrons. The quantitative estimate of drug-likeness (QED) is 0.592. The van der Waals surface area contributed by atoms with Gasteiger partial charge in [0, 0.05) is 18.7 Å². The van der Waals surface area contributed by atoms with Crippen molar-refractivity contribution in [2.45, 2.75) is 33.2 Å². The van der Waals surface area contributed by atoms with Crippen LogP contribution < -0.4 is 4.90 Å². The summed E-state index contributed by atoms with van der Waals surface area (Å²) in [4.78, 5) is 12.6. The van der Waals surface area contributed by atoms with E-state index in [0.717, 1.165) is 5.56 Å². The van der Waals surface area contributed by atoms with Crippen molar-refractivity contribution in [1.29, 1.82) is 5.26 Å². The molecule has 18 heavy (non-hydrogen) atoms. The first-order valence-electron chi connectivity index (χ1n) is 5.86. The summed E-state index contributed by atoms with van der Waals surface area (Å²) >= 11 is 0. The topological polar surface area (TPSA) is 70.2 Å². The molecule has 1 aromatic rings. The van der Waals surface area contributed by atoms with Gasteiger partial charge in [-0.2, -0.15) is 5.26 Å². The highest BCUT2D eigenvalue weighted by Crippen LogP contribution is 2.30. The molecular weight excluding hydrogens is 230 g/mol. The van der Waals surface area contributed by atoms with Gasteiger partial charge in [0.05, 0.1) is 17.4 Å². The zero-order chi connectivity index (χ0) is 13.7. The number of hydrogen-bond donors (Lipinski definition) is 0. The molecule has 0 atom stereocenters. The van der Waals surface area contributed by atoms with Crippen LogP contribution in [0.15, 0.2) is 18.2 Å². The third-order valence-electron chi connectivity index (χ3n) is 2.72. The lowest BCUT2D eigenvalue weighted by Gasteiger charge is -2.28. The Labute approximate surface area is 107 Å². The van der Waals surface area contributed by atoms with Gasteiger partial charge in [-0.25, -0.2) is 0 Å². The molecular formula is C13H17N3O2. The maximum Gasteiger partial charge on any atom is 0.292 e. The summed E-state index contributed by atoms with van der Waals surface area (Å²) in [6, 6.07) is 7.23. The lowest BCUT2D eigenvalue weighted by Crippen LogP contribution is -2.32. The Bertz CT molecular complexity index is 478. The molecule has 0 aromatic heterocycles. The SMILES string of the molecule is Cc1ccc([N+](=O)[O-])c(N(CCC#N)C(C)C)c1. The van der Waals surface area contributed by atoms with E-state index in [1.165, 1.54) is 6.07 Å². The molecule has 0 aliphatic carbocycles. The minimum Gasteiger partial charge on any atom is -0.363 e. The molecule has 0 heterocycles. The van der Waals surface area contributed by atoms with Crippen molar-refractivity contribution < 1.29 is 4.92 Å². The van der Waals surface area contributed by atoms with Crippen LogP contribution >= 0.6 is 0 Å². The van der Waals surface area contributed by atoms with Crippen LogP contribution in [0.2, 0.25) is 0 Å². The summed E-state index contributed by atoms with van der Waals surface area (Å²) in [6.07, 6.45) is 0.350. The standard InChI is InChI=1S/C13H17N3O2/c1-10(2)15(8-4-7-14)13-9-11(3)5-6-12(13)16(17)18/h5-6,9-10H,4,8H2,1-3H3. The summed E-state index contributed by atoms with van der Waals surface area (Å²) in [6.45, 7) is 6.32. The van der Waals surface area contributed by atoms with Crippen LogP contribution in [-0.4, -0.2) is 17.5 Å². The van der Waals surface area contributed by atoms with Gasteiger partial charge in [0.15, 0.2) is 0 Å². The first kappa shape index (κ1) is 14.0. The van der Waals surface area contributed by atoms with Gasteiger partial charge >= 0.3 is 0 Å². The summed E-state index contributed by atoms with van der Waals surface area (Å²) in [7, 11) is 0. The first-order chi connectivity index (χ1) is 8.47. The highest BCUT2D eigenvalue weighted by molar-refractivity contribution is 5.65. The van der Waals surface area contributed by atoms with Crippen molar-refractivity contribution >= 4 is 11.4 Å². The van der Waals surface area contributed by atoms with Crippen molar-refractivity contribution in [2.75, 3.05) is 11.4 Å². The van der Waals surface area contributed by atoms with E-state index in [1.54, 1.807) is 12.1 Å². The predicted molar refractivity (Wildman–Crippen MR) is 70.5 cm³/mol. The third kappa shape index (κ3) is 3.20. The van der Waals surface area contributed by atoms with Crippen LogP contribution in [0.4, 0.5) is 11.4 Å². The van der Waals surface area contributed by atoms with Crippen molar-refractivity contribution in [3.63, 3.8) is 0 Å². The fraction of sp³-hybridized carbons (Fsp3) is 0.462. The minimum absolute atomic E-state index is 0.0900. The number of nitrogens with zero attached hydrogens (tertiary/aromatic N) is 3. The van der Waals surface area contributed by atoms with Gasteiger partial charge in [-0.05, 0) is 32.4 Å². The number of rotatable bonds is 5. The molecule has 96 valence electrons. The molecule has 0 saturated heterocycles. The number of hydrogen-bond acceptors (Lipinski definition) is 4. The molecule has 0 aliphatic heterocycles. The van der Waals surface area contributed by atoms with Crippen LogP contribution in [0.5, 0.6) is 0 Å². The van der Waals surface area contributed by atoms with Gasteiger partial charge in [-0.1, -0.05) is 6.07 Å². The largest absolute Gasteiger partial charge is 0.363 e. The third-order valence-corrected chi connectivity index (χ3v) is 2.72. The van der Waals surface area contributed by atoms with Crippen molar-refractivity contribution in [1.82, 2.24) is 0 Å². The van der Waals surface area contributed by atoms with Gasteiger partial charge in [0.25, 0.3) is 5.69 Å². The lowest BCUT2D eigenvalue weighted by molar-refractivity contribution is -0.384. The second-order valence-electron chi connectivity index (χ2n) is 4.44. The Kier molecular flexibility index (Phi) is 4.67. The highest BCUT2D eigenvalue weighted by atomic mass is 16.6. The molecule has 0 aliphatic rings. The number of nitriles is 1. The van der Waals surface area contributed by atoms with Crippen molar-refractivity contribution in [3.8, 4) is 6.07 Å². The zero-order valence-corrected chi connectivity index (χ0v) is 10.9. The van der Waals surface area contributed by atoms with E-state index in [-0.39, 0.29) is 16.7 Å². The molecule has 1 aromatic carbocycles. The van der Waals surface area contributed by atoms with E-state index in [1.807, 2.05) is 25.7 Å². The van der Waals surface area contributed by atoms with E-state index in [2.05, 4.69) is 6.07 Å². The van der Waals surface area contributed by atoms with Crippen molar-refractivity contribution in [3.05, 3.63) is 33.9 Å². The van der Waals surface area contributed by atoms with E-state index < -0.39 is 0 Å². The number of benzene rings is 1. The van der Waals surface area contributed by atoms with Crippen LogP contribution in [0.3, 0.4) is 0 Å². The van der Waals surface area contributed by atoms with Gasteiger partial charge in [-0.15, -0.1) is 0 Å². The maximum atomic E-state index is 11.0. The molecule has 0 saturated carbocycles. The van der Waals surface area contributed by atoms with Crippen LogP contribution in [-0.2, 0) is 0 Å². The Morgan fingerprint density at radius 3 is 2.67 bits per heavy atom.